The molecular weight excluding hydrogens is 516 g/mol. The molecular formula is C32H30N6O3. The highest BCUT2D eigenvalue weighted by Crippen LogP contribution is 2.50. The van der Waals surface area contributed by atoms with E-state index in [9.17, 15) is 10.2 Å². The summed E-state index contributed by atoms with van der Waals surface area (Å²) in [4.78, 5) is 13.9. The van der Waals surface area contributed by atoms with Gasteiger partial charge in [-0.25, -0.2) is 15.0 Å². The molecule has 0 radical (unpaired) electrons. The highest BCUT2D eigenvalue weighted by Gasteiger charge is 2.36. The van der Waals surface area contributed by atoms with Crippen LogP contribution in [-0.4, -0.2) is 42.1 Å². The molecule has 4 heterocycles. The fourth-order valence-electron chi connectivity index (χ4n) is 5.79. The third-order valence-electron chi connectivity index (χ3n) is 7.81. The highest BCUT2D eigenvalue weighted by molar-refractivity contribution is 6.09. The standard InChI is InChI=1S/C32H30N6O3/c1-3-26(40)37-21-9-7-19(8-10-21)30-28-25-12-11-24(41-27-6-4-5-18(2)36-27)13-20(25)16-33-31-29(28)32(35-17-34-31)38(30)22-14-23(39)15-22/h3-13,17,22-23,26,37,39-40H,1,14-16H2,2H3,(H,33,34,35). The lowest BCUT2D eigenvalue weighted by Gasteiger charge is -2.34. The third-order valence-corrected chi connectivity index (χ3v) is 7.81. The van der Waals surface area contributed by atoms with Crippen molar-refractivity contribution in [1.29, 1.82) is 0 Å². The number of ether oxygens (including phenoxy) is 1. The monoisotopic (exact) mass is 546 g/mol. The quantitative estimate of drug-likeness (QED) is 0.150. The number of aliphatic hydroxyl groups excluding tert-OH is 2. The predicted molar refractivity (Wildman–Crippen MR) is 159 cm³/mol. The molecule has 1 saturated carbocycles. The lowest BCUT2D eigenvalue weighted by molar-refractivity contribution is 0.0508. The Kier molecular flexibility index (Phi) is 6.18. The van der Waals surface area contributed by atoms with Gasteiger partial charge in [0, 0.05) is 35.6 Å². The van der Waals surface area contributed by atoms with E-state index in [1.807, 2.05) is 55.5 Å². The van der Waals surface area contributed by atoms with Gasteiger partial charge in [0.25, 0.3) is 0 Å². The summed E-state index contributed by atoms with van der Waals surface area (Å²) in [6.07, 6.45) is 3.21. The minimum absolute atomic E-state index is 0.109. The Morgan fingerprint density at radius 2 is 1.95 bits per heavy atom. The number of aromatic nitrogens is 4. The number of rotatable bonds is 7. The van der Waals surface area contributed by atoms with E-state index in [0.29, 0.717) is 31.0 Å². The van der Waals surface area contributed by atoms with Gasteiger partial charge in [-0.05, 0) is 72.9 Å². The van der Waals surface area contributed by atoms with Gasteiger partial charge in [-0.2, -0.15) is 0 Å². The van der Waals surface area contributed by atoms with Crippen LogP contribution in [0.5, 0.6) is 11.6 Å². The molecule has 0 bridgehead atoms. The van der Waals surface area contributed by atoms with Crippen molar-refractivity contribution in [2.24, 2.45) is 0 Å². The summed E-state index contributed by atoms with van der Waals surface area (Å²) in [5.41, 5.74) is 7.71. The van der Waals surface area contributed by atoms with Crippen molar-refractivity contribution in [3.63, 3.8) is 0 Å². The van der Waals surface area contributed by atoms with E-state index in [0.717, 1.165) is 56.2 Å². The average molecular weight is 547 g/mol. The van der Waals surface area contributed by atoms with Crippen LogP contribution < -0.4 is 15.4 Å². The van der Waals surface area contributed by atoms with Gasteiger partial charge in [0.2, 0.25) is 5.88 Å². The van der Waals surface area contributed by atoms with Crippen LogP contribution in [0, 0.1) is 6.92 Å². The van der Waals surface area contributed by atoms with Crippen LogP contribution in [0.15, 0.2) is 79.6 Å². The zero-order valence-electron chi connectivity index (χ0n) is 22.6. The first-order chi connectivity index (χ1) is 20.0. The van der Waals surface area contributed by atoms with Crippen molar-refractivity contribution < 1.29 is 14.9 Å². The number of hydrogen-bond acceptors (Lipinski definition) is 8. The van der Waals surface area contributed by atoms with Gasteiger partial charge < -0.3 is 30.2 Å². The van der Waals surface area contributed by atoms with Gasteiger partial charge in [-0.3, -0.25) is 0 Å². The van der Waals surface area contributed by atoms with E-state index < -0.39 is 6.23 Å². The van der Waals surface area contributed by atoms with Gasteiger partial charge in [-0.15, -0.1) is 0 Å². The van der Waals surface area contributed by atoms with Crippen LogP contribution in [0.4, 0.5) is 11.5 Å². The van der Waals surface area contributed by atoms with E-state index in [4.69, 9.17) is 9.72 Å². The Labute approximate surface area is 237 Å². The minimum atomic E-state index is -0.837. The Morgan fingerprint density at radius 1 is 1.12 bits per heavy atom. The Balaban J connectivity index is 1.40. The molecule has 2 aromatic carbocycles. The summed E-state index contributed by atoms with van der Waals surface area (Å²) < 4.78 is 8.40. The van der Waals surface area contributed by atoms with Gasteiger partial charge in [0.15, 0.2) is 0 Å². The second-order valence-corrected chi connectivity index (χ2v) is 10.6. The number of nitrogens with zero attached hydrogens (tertiary/aromatic N) is 4. The molecule has 1 unspecified atom stereocenters. The summed E-state index contributed by atoms with van der Waals surface area (Å²) >= 11 is 0. The lowest BCUT2D eigenvalue weighted by Crippen LogP contribution is -2.31. The van der Waals surface area contributed by atoms with Crippen molar-refractivity contribution in [1.82, 2.24) is 19.5 Å². The number of fused-ring (bicyclic) bond motifs is 2. The van der Waals surface area contributed by atoms with Crippen LogP contribution in [0.2, 0.25) is 0 Å². The minimum Gasteiger partial charge on any atom is -0.439 e. The highest BCUT2D eigenvalue weighted by atomic mass is 16.5. The predicted octanol–water partition coefficient (Wildman–Crippen LogP) is 5.80. The molecule has 1 aliphatic heterocycles. The molecule has 0 saturated heterocycles. The van der Waals surface area contributed by atoms with Gasteiger partial charge in [-0.1, -0.05) is 30.8 Å². The fraction of sp³-hybridized carbons (Fsp3) is 0.219. The molecule has 2 aliphatic rings. The average Bonchev–Trinajstić information content (AvgIpc) is 3.20. The normalized spacial score (nSPS) is 18.0. The molecule has 206 valence electrons. The molecule has 41 heavy (non-hydrogen) atoms. The van der Waals surface area contributed by atoms with Crippen LogP contribution >= 0.6 is 0 Å². The summed E-state index contributed by atoms with van der Waals surface area (Å²) in [6, 6.07) is 19.9. The molecule has 5 aromatic rings. The van der Waals surface area contributed by atoms with Crippen LogP contribution in [0.25, 0.3) is 33.4 Å². The van der Waals surface area contributed by atoms with Crippen molar-refractivity contribution >= 4 is 22.5 Å². The number of hydrogen-bond donors (Lipinski definition) is 4. The van der Waals surface area contributed by atoms with Gasteiger partial charge in [0.1, 0.15) is 29.8 Å². The van der Waals surface area contributed by atoms with Crippen LogP contribution in [-0.2, 0) is 6.54 Å². The topological polar surface area (TPSA) is 117 Å². The molecule has 4 N–H and O–H groups in total. The molecule has 7 rings (SSSR count). The first-order valence-electron chi connectivity index (χ1n) is 13.7. The second-order valence-electron chi connectivity index (χ2n) is 10.6. The number of aryl methyl sites for hydroxylation is 1. The van der Waals surface area contributed by atoms with E-state index in [-0.39, 0.29) is 12.1 Å². The first-order valence-corrected chi connectivity index (χ1v) is 13.7. The summed E-state index contributed by atoms with van der Waals surface area (Å²) in [5, 5.41) is 27.7. The van der Waals surface area contributed by atoms with Crippen molar-refractivity contribution in [3.8, 4) is 34.0 Å². The summed E-state index contributed by atoms with van der Waals surface area (Å²) in [7, 11) is 0. The molecule has 0 spiro atoms. The van der Waals surface area contributed by atoms with Crippen molar-refractivity contribution in [2.45, 2.75) is 44.7 Å². The van der Waals surface area contributed by atoms with Crippen molar-refractivity contribution in [2.75, 3.05) is 10.6 Å². The first kappa shape index (κ1) is 25.3. The summed E-state index contributed by atoms with van der Waals surface area (Å²) in [5.74, 6) is 2.03. The summed E-state index contributed by atoms with van der Waals surface area (Å²) in [6.45, 7) is 6.14. The van der Waals surface area contributed by atoms with Crippen LogP contribution in [0.3, 0.4) is 0 Å². The zero-order valence-corrected chi connectivity index (χ0v) is 22.6. The van der Waals surface area contributed by atoms with E-state index >= 15 is 0 Å². The maximum Gasteiger partial charge on any atom is 0.219 e. The van der Waals surface area contributed by atoms with E-state index in [1.165, 1.54) is 6.08 Å². The molecule has 1 aliphatic carbocycles. The maximum absolute atomic E-state index is 10.2. The number of aliphatic hydroxyl groups is 2. The second kappa shape index (κ2) is 10.0. The van der Waals surface area contributed by atoms with Gasteiger partial charge >= 0.3 is 0 Å². The molecule has 9 heteroatoms. The Hall–Kier alpha value is -4.73. The lowest BCUT2D eigenvalue weighted by atomic mass is 9.88. The van der Waals surface area contributed by atoms with Crippen molar-refractivity contribution in [3.05, 3.63) is 90.9 Å². The van der Waals surface area contributed by atoms with Crippen LogP contribution in [0.1, 0.15) is 30.1 Å². The molecule has 1 fully saturated rings. The molecule has 1 atom stereocenters. The molecule has 0 amide bonds. The fourth-order valence-corrected chi connectivity index (χ4v) is 5.79. The Morgan fingerprint density at radius 3 is 2.71 bits per heavy atom. The number of nitrogens with one attached hydrogen (secondary N) is 2. The largest absolute Gasteiger partial charge is 0.439 e. The zero-order chi connectivity index (χ0) is 28.1. The number of pyridine rings is 1. The van der Waals surface area contributed by atoms with E-state index in [2.05, 4.69) is 43.9 Å². The molecule has 3 aromatic heterocycles. The number of anilines is 2. The third kappa shape index (κ3) is 4.49. The van der Waals surface area contributed by atoms with Gasteiger partial charge in [0.05, 0.1) is 17.2 Å². The maximum atomic E-state index is 10.2. The van der Waals surface area contributed by atoms with E-state index in [1.54, 1.807) is 6.33 Å². The smallest absolute Gasteiger partial charge is 0.219 e. The molecule has 9 nitrogen and oxygen atoms in total. The SMILES string of the molecule is C=CC(O)Nc1ccc(-c2c3c4c(ncnc4n2C2CC(O)C2)NCc2cc(Oc4cccc(C)n4)ccc2-3)cc1. The number of benzene rings is 2. The Bertz CT molecular complexity index is 1780.